The lowest BCUT2D eigenvalue weighted by Crippen LogP contribution is -2.25. The molecule has 0 aliphatic heterocycles. The van der Waals surface area contributed by atoms with Gasteiger partial charge in [0.15, 0.2) is 0 Å². The van der Waals surface area contributed by atoms with E-state index < -0.39 is 0 Å². The highest BCUT2D eigenvalue weighted by atomic mass is 35.5. The van der Waals surface area contributed by atoms with Gasteiger partial charge in [-0.15, -0.1) is 10.2 Å². The molecular weight excluding hydrogens is 262 g/mol. The Labute approximate surface area is 107 Å². The van der Waals surface area contributed by atoms with Gasteiger partial charge in [-0.05, 0) is 30.7 Å². The lowest BCUT2D eigenvalue weighted by molar-refractivity contribution is 0.0773. The second-order valence-corrected chi connectivity index (χ2v) is 5.09. The van der Waals surface area contributed by atoms with Crippen LogP contribution in [-0.2, 0) is 6.54 Å². The number of nitrogens with zero attached hydrogens (tertiary/aromatic N) is 3. The number of furan rings is 1. The summed E-state index contributed by atoms with van der Waals surface area (Å²) in [5.74, 6) is 1.33. The van der Waals surface area contributed by atoms with Crippen LogP contribution in [0.3, 0.4) is 0 Å². The van der Waals surface area contributed by atoms with E-state index in [-0.39, 0.29) is 15.4 Å². The van der Waals surface area contributed by atoms with Gasteiger partial charge in [0, 0.05) is 7.05 Å². The third-order valence-corrected chi connectivity index (χ3v) is 3.13. The fourth-order valence-electron chi connectivity index (χ4n) is 1.33. The van der Waals surface area contributed by atoms with Crippen molar-refractivity contribution in [2.75, 3.05) is 7.05 Å². The molecule has 1 amide bonds. The van der Waals surface area contributed by atoms with Gasteiger partial charge in [-0.3, -0.25) is 4.79 Å². The summed E-state index contributed by atoms with van der Waals surface area (Å²) in [7, 11) is 1.68. The smallest absolute Gasteiger partial charge is 0.285 e. The van der Waals surface area contributed by atoms with Crippen molar-refractivity contribution in [3.63, 3.8) is 0 Å². The molecule has 0 bridgehead atoms. The van der Waals surface area contributed by atoms with Crippen LogP contribution in [0.25, 0.3) is 0 Å². The molecule has 0 spiro atoms. The van der Waals surface area contributed by atoms with E-state index in [4.69, 9.17) is 16.0 Å². The van der Waals surface area contributed by atoms with E-state index in [1.807, 2.05) is 19.1 Å². The largest absolute Gasteiger partial charge is 0.464 e. The topological polar surface area (TPSA) is 59.2 Å². The average molecular weight is 272 g/mol. The molecule has 0 aliphatic carbocycles. The third-order valence-electron chi connectivity index (χ3n) is 2.12. The standard InChI is InChI=1S/C10H10ClN3O2S/c1-6-3-4-7(16-6)5-14(2)9(15)8-12-13-10(11)17-8/h3-4H,5H2,1-2H3. The van der Waals surface area contributed by atoms with Crippen LogP contribution in [0.1, 0.15) is 21.3 Å². The zero-order valence-corrected chi connectivity index (χ0v) is 10.9. The van der Waals surface area contributed by atoms with Crippen LogP contribution in [0.15, 0.2) is 16.5 Å². The van der Waals surface area contributed by atoms with Crippen molar-refractivity contribution >= 4 is 28.8 Å². The first-order chi connectivity index (χ1) is 8.06. The summed E-state index contributed by atoms with van der Waals surface area (Å²) in [5.41, 5.74) is 0. The lowest BCUT2D eigenvalue weighted by atomic mass is 10.4. The predicted octanol–water partition coefficient (Wildman–Crippen LogP) is 2.37. The van der Waals surface area contributed by atoms with E-state index >= 15 is 0 Å². The van der Waals surface area contributed by atoms with Crippen molar-refractivity contribution in [2.45, 2.75) is 13.5 Å². The van der Waals surface area contributed by atoms with Gasteiger partial charge in [0.1, 0.15) is 11.5 Å². The summed E-state index contributed by atoms with van der Waals surface area (Å²) in [5, 5.41) is 7.57. The number of hydrogen-bond acceptors (Lipinski definition) is 5. The lowest BCUT2D eigenvalue weighted by Gasteiger charge is -2.13. The first kappa shape index (κ1) is 12.1. The number of halogens is 1. The molecule has 0 saturated carbocycles. The predicted molar refractivity (Wildman–Crippen MR) is 64.2 cm³/mol. The minimum absolute atomic E-state index is 0.219. The number of amides is 1. The Morgan fingerprint density at radius 3 is 2.82 bits per heavy atom. The fourth-order valence-corrected chi connectivity index (χ4v) is 2.15. The molecule has 2 rings (SSSR count). The number of aryl methyl sites for hydroxylation is 1. The number of aromatic nitrogens is 2. The van der Waals surface area contributed by atoms with Gasteiger partial charge in [-0.25, -0.2) is 0 Å². The van der Waals surface area contributed by atoms with Gasteiger partial charge in [0.05, 0.1) is 6.54 Å². The van der Waals surface area contributed by atoms with Crippen LogP contribution in [-0.4, -0.2) is 28.1 Å². The molecule has 0 fully saturated rings. The summed E-state index contributed by atoms with van der Waals surface area (Å²) in [6.45, 7) is 2.25. The normalized spacial score (nSPS) is 10.5. The van der Waals surface area contributed by atoms with Gasteiger partial charge >= 0.3 is 0 Å². The molecule has 5 nitrogen and oxygen atoms in total. The zero-order valence-electron chi connectivity index (χ0n) is 9.31. The van der Waals surface area contributed by atoms with E-state index in [1.54, 1.807) is 7.05 Å². The van der Waals surface area contributed by atoms with Gasteiger partial charge in [0.25, 0.3) is 5.91 Å². The highest BCUT2D eigenvalue weighted by molar-refractivity contribution is 7.17. The molecule has 0 saturated heterocycles. The fraction of sp³-hybridized carbons (Fsp3) is 0.300. The van der Waals surface area contributed by atoms with Crippen molar-refractivity contribution in [2.24, 2.45) is 0 Å². The number of rotatable bonds is 3. The molecule has 17 heavy (non-hydrogen) atoms. The first-order valence-corrected chi connectivity index (χ1v) is 6.05. The molecule has 0 N–H and O–H groups in total. The minimum Gasteiger partial charge on any atom is -0.464 e. The van der Waals surface area contributed by atoms with E-state index in [1.165, 1.54) is 4.90 Å². The Morgan fingerprint density at radius 2 is 2.29 bits per heavy atom. The molecular formula is C10H10ClN3O2S. The Hall–Kier alpha value is -1.40. The first-order valence-electron chi connectivity index (χ1n) is 4.86. The Bertz CT molecular complexity index is 537. The third kappa shape index (κ3) is 2.83. The molecule has 0 atom stereocenters. The van der Waals surface area contributed by atoms with Gasteiger partial charge in [0.2, 0.25) is 9.47 Å². The van der Waals surface area contributed by atoms with Crippen LogP contribution in [0.4, 0.5) is 0 Å². The molecule has 0 radical (unpaired) electrons. The molecule has 0 unspecified atom stereocenters. The average Bonchev–Trinajstić information content (AvgIpc) is 2.87. The van der Waals surface area contributed by atoms with Gasteiger partial charge in [-0.2, -0.15) is 0 Å². The molecule has 0 aliphatic rings. The molecule has 2 aromatic heterocycles. The zero-order chi connectivity index (χ0) is 12.4. The molecule has 2 aromatic rings. The van der Waals surface area contributed by atoms with Crippen LogP contribution >= 0.6 is 22.9 Å². The van der Waals surface area contributed by atoms with Gasteiger partial charge in [-0.1, -0.05) is 11.3 Å². The van der Waals surface area contributed by atoms with E-state index in [9.17, 15) is 4.79 Å². The Morgan fingerprint density at radius 1 is 1.53 bits per heavy atom. The molecule has 90 valence electrons. The van der Waals surface area contributed by atoms with Gasteiger partial charge < -0.3 is 9.32 Å². The van der Waals surface area contributed by atoms with E-state index in [0.717, 1.165) is 22.9 Å². The van der Waals surface area contributed by atoms with Crippen LogP contribution in [0, 0.1) is 6.92 Å². The quantitative estimate of drug-likeness (QED) is 0.860. The maximum Gasteiger partial charge on any atom is 0.285 e. The number of hydrogen-bond donors (Lipinski definition) is 0. The van der Waals surface area contributed by atoms with Crippen LogP contribution in [0.5, 0.6) is 0 Å². The second-order valence-electron chi connectivity index (χ2n) is 3.53. The summed E-state index contributed by atoms with van der Waals surface area (Å²) in [6, 6.07) is 3.70. The molecule has 7 heteroatoms. The SMILES string of the molecule is Cc1ccc(CN(C)C(=O)c2nnc(Cl)s2)o1. The summed E-state index contributed by atoms with van der Waals surface area (Å²) in [4.78, 5) is 13.4. The molecule has 0 aromatic carbocycles. The maximum atomic E-state index is 11.9. The highest BCUT2D eigenvalue weighted by Gasteiger charge is 2.17. The molecule has 2 heterocycles. The number of carbonyl (C=O) groups is 1. The minimum atomic E-state index is -0.219. The summed E-state index contributed by atoms with van der Waals surface area (Å²) in [6.07, 6.45) is 0. The maximum absolute atomic E-state index is 11.9. The summed E-state index contributed by atoms with van der Waals surface area (Å²) < 4.78 is 5.65. The van der Waals surface area contributed by atoms with Crippen molar-refractivity contribution in [1.82, 2.24) is 15.1 Å². The Kier molecular flexibility index (Phi) is 3.44. The second kappa shape index (κ2) is 4.85. The van der Waals surface area contributed by atoms with E-state index in [2.05, 4.69) is 10.2 Å². The monoisotopic (exact) mass is 271 g/mol. The summed E-state index contributed by atoms with van der Waals surface area (Å²) >= 11 is 6.69. The number of carbonyl (C=O) groups excluding carboxylic acids is 1. The van der Waals surface area contributed by atoms with Crippen LogP contribution < -0.4 is 0 Å². The Balaban J connectivity index is 2.05. The van der Waals surface area contributed by atoms with E-state index in [0.29, 0.717) is 6.54 Å². The van der Waals surface area contributed by atoms with Crippen molar-refractivity contribution in [3.8, 4) is 0 Å². The van der Waals surface area contributed by atoms with Crippen molar-refractivity contribution in [3.05, 3.63) is 33.1 Å². The van der Waals surface area contributed by atoms with Crippen molar-refractivity contribution < 1.29 is 9.21 Å². The highest BCUT2D eigenvalue weighted by Crippen LogP contribution is 2.17. The van der Waals surface area contributed by atoms with Crippen molar-refractivity contribution in [1.29, 1.82) is 0 Å². The van der Waals surface area contributed by atoms with Crippen LogP contribution in [0.2, 0.25) is 4.47 Å².